The third kappa shape index (κ3) is 2.38. The average Bonchev–Trinajstić information content (AvgIpc) is 2.31. The number of hydrogen-bond donors (Lipinski definition) is 0. The van der Waals surface area contributed by atoms with Crippen molar-refractivity contribution >= 4 is 15.9 Å². The lowest BCUT2D eigenvalue weighted by Gasteiger charge is -2.21. The summed E-state index contributed by atoms with van der Waals surface area (Å²) in [5, 5.41) is 8.90. The Morgan fingerprint density at radius 1 is 1.27 bits per heavy atom. The maximum atomic E-state index is 8.90. The average molecular weight is 265 g/mol. The van der Waals surface area contributed by atoms with Crippen LogP contribution in [0.3, 0.4) is 0 Å². The van der Waals surface area contributed by atoms with Crippen molar-refractivity contribution in [2.75, 3.05) is 0 Å². The van der Waals surface area contributed by atoms with Crippen LogP contribution < -0.4 is 0 Å². The lowest BCUT2D eigenvalue weighted by atomic mass is 9.86. The van der Waals surface area contributed by atoms with E-state index in [1.54, 1.807) is 0 Å². The van der Waals surface area contributed by atoms with Crippen LogP contribution in [0.25, 0.3) is 0 Å². The van der Waals surface area contributed by atoms with Gasteiger partial charge >= 0.3 is 0 Å². The van der Waals surface area contributed by atoms with E-state index >= 15 is 0 Å². The minimum absolute atomic E-state index is 0.512. The zero-order chi connectivity index (χ0) is 10.7. The molecule has 0 saturated heterocycles. The number of aromatic nitrogens is 1. The second-order valence-corrected chi connectivity index (χ2v) is 4.87. The molecule has 1 aromatic rings. The van der Waals surface area contributed by atoms with Crippen molar-refractivity contribution in [1.29, 1.82) is 5.26 Å². The quantitative estimate of drug-likeness (QED) is 0.775. The van der Waals surface area contributed by atoms with Gasteiger partial charge in [0.1, 0.15) is 6.07 Å². The first-order valence-corrected chi connectivity index (χ1v) is 6.17. The molecule has 0 unspecified atom stereocenters. The molecule has 78 valence electrons. The van der Waals surface area contributed by atoms with Gasteiger partial charge in [-0.05, 0) is 40.9 Å². The van der Waals surface area contributed by atoms with Crippen molar-refractivity contribution in [3.05, 3.63) is 28.0 Å². The van der Waals surface area contributed by atoms with Crippen LogP contribution in [0.15, 0.2) is 16.6 Å². The van der Waals surface area contributed by atoms with Gasteiger partial charge in [0.15, 0.2) is 5.69 Å². The van der Waals surface area contributed by atoms with E-state index in [1.807, 2.05) is 12.1 Å². The number of nitrogens with zero attached hydrogens (tertiary/aromatic N) is 2. The lowest BCUT2D eigenvalue weighted by molar-refractivity contribution is 0.436. The molecular weight excluding hydrogens is 252 g/mol. The molecule has 1 aromatic heterocycles. The van der Waals surface area contributed by atoms with Crippen LogP contribution in [0.2, 0.25) is 0 Å². The first-order valence-electron chi connectivity index (χ1n) is 5.38. The molecule has 0 atom stereocenters. The highest BCUT2D eigenvalue weighted by Crippen LogP contribution is 2.32. The second-order valence-electron chi connectivity index (χ2n) is 4.01. The first kappa shape index (κ1) is 10.6. The van der Waals surface area contributed by atoms with E-state index in [0.29, 0.717) is 11.6 Å². The summed E-state index contributed by atoms with van der Waals surface area (Å²) < 4.78 is 0.796. The van der Waals surface area contributed by atoms with E-state index in [-0.39, 0.29) is 0 Å². The molecule has 1 aliphatic rings. The zero-order valence-electron chi connectivity index (χ0n) is 8.54. The minimum atomic E-state index is 0.512. The Morgan fingerprint density at radius 2 is 2.00 bits per heavy atom. The molecule has 1 aliphatic carbocycles. The van der Waals surface area contributed by atoms with Crippen LogP contribution in [0.1, 0.15) is 49.4 Å². The smallest absolute Gasteiger partial charge is 0.154 e. The summed E-state index contributed by atoms with van der Waals surface area (Å²) in [7, 11) is 0. The Bertz CT molecular complexity index is 389. The standard InChI is InChI=1S/C12H13BrN2/c13-10-6-7-11(15-12(10)8-14)9-4-2-1-3-5-9/h6-7,9H,1-5H2. The number of halogens is 1. The van der Waals surface area contributed by atoms with Crippen molar-refractivity contribution in [1.82, 2.24) is 4.98 Å². The van der Waals surface area contributed by atoms with Gasteiger partial charge in [0.25, 0.3) is 0 Å². The normalized spacial score (nSPS) is 17.3. The summed E-state index contributed by atoms with van der Waals surface area (Å²) in [4.78, 5) is 4.41. The van der Waals surface area contributed by atoms with Crippen LogP contribution in [-0.4, -0.2) is 4.98 Å². The molecule has 1 heterocycles. The Labute approximate surface area is 98.5 Å². The summed E-state index contributed by atoms with van der Waals surface area (Å²) in [6, 6.07) is 6.10. The summed E-state index contributed by atoms with van der Waals surface area (Å²) in [5.41, 5.74) is 1.60. The fourth-order valence-corrected chi connectivity index (χ4v) is 2.47. The Morgan fingerprint density at radius 3 is 2.67 bits per heavy atom. The van der Waals surface area contributed by atoms with Crippen LogP contribution in [0, 0.1) is 11.3 Å². The molecule has 0 spiro atoms. The summed E-state index contributed by atoms with van der Waals surface area (Å²) in [6.45, 7) is 0. The van der Waals surface area contributed by atoms with Gasteiger partial charge < -0.3 is 0 Å². The van der Waals surface area contributed by atoms with Crippen molar-refractivity contribution < 1.29 is 0 Å². The van der Waals surface area contributed by atoms with E-state index < -0.39 is 0 Å². The van der Waals surface area contributed by atoms with Gasteiger partial charge in [-0.25, -0.2) is 4.98 Å². The third-order valence-electron chi connectivity index (χ3n) is 3.00. The molecule has 3 heteroatoms. The molecule has 0 N–H and O–H groups in total. The summed E-state index contributed by atoms with van der Waals surface area (Å²) >= 11 is 3.33. The number of rotatable bonds is 1. The molecular formula is C12H13BrN2. The predicted octanol–water partition coefficient (Wildman–Crippen LogP) is 3.76. The highest BCUT2D eigenvalue weighted by atomic mass is 79.9. The first-order chi connectivity index (χ1) is 7.31. The molecule has 2 rings (SSSR count). The summed E-state index contributed by atoms with van der Waals surface area (Å²) in [6.07, 6.45) is 6.38. The maximum Gasteiger partial charge on any atom is 0.154 e. The van der Waals surface area contributed by atoms with Gasteiger partial charge in [-0.1, -0.05) is 19.3 Å². The highest BCUT2D eigenvalue weighted by Gasteiger charge is 2.17. The highest BCUT2D eigenvalue weighted by molar-refractivity contribution is 9.10. The number of nitriles is 1. The Balaban J connectivity index is 2.25. The van der Waals surface area contributed by atoms with Crippen LogP contribution >= 0.6 is 15.9 Å². The van der Waals surface area contributed by atoms with Gasteiger partial charge in [0.05, 0.1) is 4.47 Å². The molecule has 0 amide bonds. The SMILES string of the molecule is N#Cc1nc(C2CCCCC2)ccc1Br. The van der Waals surface area contributed by atoms with Crippen molar-refractivity contribution in [2.45, 2.75) is 38.0 Å². The third-order valence-corrected chi connectivity index (χ3v) is 3.64. The van der Waals surface area contributed by atoms with E-state index in [9.17, 15) is 0 Å². The summed E-state index contributed by atoms with van der Waals surface area (Å²) in [5.74, 6) is 0.568. The molecule has 0 radical (unpaired) electrons. The van der Waals surface area contributed by atoms with Crippen LogP contribution in [-0.2, 0) is 0 Å². The molecule has 1 fully saturated rings. The molecule has 1 saturated carbocycles. The predicted molar refractivity (Wildman–Crippen MR) is 62.5 cm³/mol. The monoisotopic (exact) mass is 264 g/mol. The second kappa shape index (κ2) is 4.76. The Kier molecular flexibility index (Phi) is 3.37. The van der Waals surface area contributed by atoms with Gasteiger partial charge in [0, 0.05) is 11.6 Å². The largest absolute Gasteiger partial charge is 0.241 e. The number of pyridine rings is 1. The van der Waals surface area contributed by atoms with Crippen molar-refractivity contribution in [2.24, 2.45) is 0 Å². The molecule has 0 bridgehead atoms. The molecule has 2 nitrogen and oxygen atoms in total. The number of hydrogen-bond acceptors (Lipinski definition) is 2. The van der Waals surface area contributed by atoms with E-state index in [4.69, 9.17) is 5.26 Å². The van der Waals surface area contributed by atoms with Gasteiger partial charge in [-0.2, -0.15) is 5.26 Å². The lowest BCUT2D eigenvalue weighted by Crippen LogP contribution is -2.07. The van der Waals surface area contributed by atoms with Crippen LogP contribution in [0.4, 0.5) is 0 Å². The van der Waals surface area contributed by atoms with E-state index in [0.717, 1.165) is 10.2 Å². The zero-order valence-corrected chi connectivity index (χ0v) is 10.1. The van der Waals surface area contributed by atoms with Gasteiger partial charge in [0.2, 0.25) is 0 Å². The van der Waals surface area contributed by atoms with E-state index in [1.165, 1.54) is 32.1 Å². The fraction of sp³-hybridized carbons (Fsp3) is 0.500. The van der Waals surface area contributed by atoms with Crippen molar-refractivity contribution in [3.63, 3.8) is 0 Å². The Hall–Kier alpha value is -0.880. The molecule has 15 heavy (non-hydrogen) atoms. The van der Waals surface area contributed by atoms with Crippen molar-refractivity contribution in [3.8, 4) is 6.07 Å². The van der Waals surface area contributed by atoms with Gasteiger partial charge in [-0.15, -0.1) is 0 Å². The maximum absolute atomic E-state index is 8.90. The molecule has 0 aliphatic heterocycles. The topological polar surface area (TPSA) is 36.7 Å². The van der Waals surface area contributed by atoms with Gasteiger partial charge in [-0.3, -0.25) is 0 Å². The fourth-order valence-electron chi connectivity index (χ4n) is 2.16. The molecule has 0 aromatic carbocycles. The minimum Gasteiger partial charge on any atom is -0.241 e. The van der Waals surface area contributed by atoms with E-state index in [2.05, 4.69) is 27.0 Å². The van der Waals surface area contributed by atoms with Crippen LogP contribution in [0.5, 0.6) is 0 Å².